The molecule has 0 radical (unpaired) electrons. The summed E-state index contributed by atoms with van der Waals surface area (Å²) in [7, 11) is 0. The van der Waals surface area contributed by atoms with E-state index in [1.54, 1.807) is 6.92 Å². The van der Waals surface area contributed by atoms with E-state index in [2.05, 4.69) is 5.32 Å². The zero-order chi connectivity index (χ0) is 14.4. The molecule has 0 aliphatic heterocycles. The maximum atomic E-state index is 11.9. The molecule has 2 aromatic rings. The van der Waals surface area contributed by atoms with E-state index in [4.69, 9.17) is 4.74 Å². The van der Waals surface area contributed by atoms with E-state index in [0.29, 0.717) is 5.57 Å². The monoisotopic (exact) mass is 267 g/mol. The average Bonchev–Trinajstić information content (AvgIpc) is 2.46. The van der Waals surface area contributed by atoms with E-state index in [1.165, 1.54) is 6.26 Å². The van der Waals surface area contributed by atoms with Crippen molar-refractivity contribution in [3.05, 3.63) is 72.0 Å². The van der Waals surface area contributed by atoms with Crippen molar-refractivity contribution in [2.75, 3.05) is 5.32 Å². The number of carbonyl (C=O) groups excluding carboxylic acids is 1. The molecule has 3 nitrogen and oxygen atoms in total. The molecule has 2 aromatic carbocycles. The van der Waals surface area contributed by atoms with Crippen molar-refractivity contribution in [3.8, 4) is 5.75 Å². The standard InChI is InChI=1S/C17H17NO2/c1-13-7-6-10-16(11-13)20-12-14(2)17(19)18-15-8-4-3-5-9-15/h3-12H,1-2H3,(H,18,19)/b14-12+. The fourth-order valence-electron chi connectivity index (χ4n) is 1.65. The molecule has 20 heavy (non-hydrogen) atoms. The zero-order valence-electron chi connectivity index (χ0n) is 11.6. The van der Waals surface area contributed by atoms with Crippen molar-refractivity contribution in [1.29, 1.82) is 0 Å². The first-order valence-corrected chi connectivity index (χ1v) is 6.41. The third-order valence-corrected chi connectivity index (χ3v) is 2.75. The highest BCUT2D eigenvalue weighted by Crippen LogP contribution is 2.14. The molecule has 0 spiro atoms. The topological polar surface area (TPSA) is 38.3 Å². The van der Waals surface area contributed by atoms with Gasteiger partial charge in [-0.3, -0.25) is 4.79 Å². The van der Waals surface area contributed by atoms with Crippen molar-refractivity contribution in [3.63, 3.8) is 0 Å². The van der Waals surface area contributed by atoms with Gasteiger partial charge >= 0.3 is 0 Å². The molecule has 102 valence electrons. The van der Waals surface area contributed by atoms with Crippen LogP contribution >= 0.6 is 0 Å². The van der Waals surface area contributed by atoms with Gasteiger partial charge in [-0.05, 0) is 43.7 Å². The molecule has 1 amide bonds. The van der Waals surface area contributed by atoms with Gasteiger partial charge in [0.15, 0.2) is 0 Å². The van der Waals surface area contributed by atoms with E-state index in [1.807, 2.05) is 61.5 Å². The van der Waals surface area contributed by atoms with Crippen LogP contribution in [-0.4, -0.2) is 5.91 Å². The highest BCUT2D eigenvalue weighted by Gasteiger charge is 2.05. The molecule has 3 heteroatoms. The Morgan fingerprint density at radius 1 is 1.10 bits per heavy atom. The number of aryl methyl sites for hydroxylation is 1. The van der Waals surface area contributed by atoms with Crippen LogP contribution in [0.25, 0.3) is 0 Å². The first-order chi connectivity index (χ1) is 9.65. The number of amides is 1. The van der Waals surface area contributed by atoms with Crippen LogP contribution in [0.1, 0.15) is 12.5 Å². The number of hydrogen-bond donors (Lipinski definition) is 1. The number of anilines is 1. The van der Waals surface area contributed by atoms with Crippen molar-refractivity contribution < 1.29 is 9.53 Å². The summed E-state index contributed by atoms with van der Waals surface area (Å²) >= 11 is 0. The lowest BCUT2D eigenvalue weighted by Gasteiger charge is -2.06. The quantitative estimate of drug-likeness (QED) is 0.673. The molecular weight excluding hydrogens is 250 g/mol. The summed E-state index contributed by atoms with van der Waals surface area (Å²) < 4.78 is 5.48. The minimum Gasteiger partial charge on any atom is -0.465 e. The van der Waals surface area contributed by atoms with Crippen molar-refractivity contribution in [2.45, 2.75) is 13.8 Å². The molecule has 0 aliphatic carbocycles. The highest BCUT2D eigenvalue weighted by molar-refractivity contribution is 6.03. The van der Waals surface area contributed by atoms with Crippen LogP contribution < -0.4 is 10.1 Å². The maximum absolute atomic E-state index is 11.9. The Morgan fingerprint density at radius 2 is 1.85 bits per heavy atom. The molecule has 0 heterocycles. The molecule has 0 saturated carbocycles. The molecule has 0 unspecified atom stereocenters. The molecule has 0 fully saturated rings. The minimum atomic E-state index is -0.177. The Balaban J connectivity index is 1.98. The van der Waals surface area contributed by atoms with Crippen LogP contribution in [0.3, 0.4) is 0 Å². The van der Waals surface area contributed by atoms with Gasteiger partial charge in [-0.1, -0.05) is 30.3 Å². The van der Waals surface area contributed by atoms with Gasteiger partial charge in [-0.2, -0.15) is 0 Å². The first-order valence-electron chi connectivity index (χ1n) is 6.41. The Hall–Kier alpha value is -2.55. The summed E-state index contributed by atoms with van der Waals surface area (Å²) in [6.45, 7) is 3.71. The molecule has 1 N–H and O–H groups in total. The molecule has 0 bridgehead atoms. The van der Waals surface area contributed by atoms with E-state index >= 15 is 0 Å². The Morgan fingerprint density at radius 3 is 2.55 bits per heavy atom. The smallest absolute Gasteiger partial charge is 0.254 e. The van der Waals surface area contributed by atoms with Gasteiger partial charge in [0.1, 0.15) is 5.75 Å². The maximum Gasteiger partial charge on any atom is 0.254 e. The van der Waals surface area contributed by atoms with Crippen LogP contribution in [0.5, 0.6) is 5.75 Å². The van der Waals surface area contributed by atoms with Gasteiger partial charge in [0.25, 0.3) is 5.91 Å². The zero-order valence-corrected chi connectivity index (χ0v) is 11.6. The van der Waals surface area contributed by atoms with Crippen molar-refractivity contribution in [2.24, 2.45) is 0 Å². The van der Waals surface area contributed by atoms with Crippen molar-refractivity contribution in [1.82, 2.24) is 0 Å². The third-order valence-electron chi connectivity index (χ3n) is 2.75. The van der Waals surface area contributed by atoms with Crippen molar-refractivity contribution >= 4 is 11.6 Å². The van der Waals surface area contributed by atoms with Gasteiger partial charge in [0.2, 0.25) is 0 Å². The number of para-hydroxylation sites is 1. The lowest BCUT2D eigenvalue weighted by atomic mass is 10.2. The van der Waals surface area contributed by atoms with Gasteiger partial charge < -0.3 is 10.1 Å². The summed E-state index contributed by atoms with van der Waals surface area (Å²) in [5.74, 6) is 0.542. The second kappa shape index (κ2) is 6.57. The van der Waals surface area contributed by atoms with Crippen LogP contribution in [0.2, 0.25) is 0 Å². The average molecular weight is 267 g/mol. The number of benzene rings is 2. The van der Waals surface area contributed by atoms with E-state index in [-0.39, 0.29) is 5.91 Å². The van der Waals surface area contributed by atoms with Gasteiger partial charge in [-0.15, -0.1) is 0 Å². The molecule has 0 saturated heterocycles. The molecule has 0 atom stereocenters. The van der Waals surface area contributed by atoms with E-state index < -0.39 is 0 Å². The normalized spacial score (nSPS) is 11.0. The summed E-state index contributed by atoms with van der Waals surface area (Å²) in [5.41, 5.74) is 2.39. The van der Waals surface area contributed by atoms with Gasteiger partial charge in [0, 0.05) is 11.3 Å². The largest absolute Gasteiger partial charge is 0.465 e. The predicted molar refractivity (Wildman–Crippen MR) is 80.6 cm³/mol. The van der Waals surface area contributed by atoms with E-state index in [0.717, 1.165) is 17.0 Å². The summed E-state index contributed by atoms with van der Waals surface area (Å²) in [4.78, 5) is 11.9. The number of carbonyl (C=O) groups is 1. The number of nitrogens with one attached hydrogen (secondary N) is 1. The number of ether oxygens (including phenoxy) is 1. The predicted octanol–water partition coefficient (Wildman–Crippen LogP) is 3.92. The second-order valence-electron chi connectivity index (χ2n) is 4.56. The van der Waals surface area contributed by atoms with Crippen LogP contribution in [-0.2, 0) is 4.79 Å². The fourth-order valence-corrected chi connectivity index (χ4v) is 1.65. The molecule has 2 rings (SSSR count). The lowest BCUT2D eigenvalue weighted by molar-refractivity contribution is -0.112. The summed E-state index contributed by atoms with van der Waals surface area (Å²) in [6.07, 6.45) is 1.47. The molecular formula is C17H17NO2. The van der Waals surface area contributed by atoms with Gasteiger partial charge in [-0.25, -0.2) is 0 Å². The third kappa shape index (κ3) is 3.99. The lowest BCUT2D eigenvalue weighted by Crippen LogP contribution is -2.13. The number of hydrogen-bond acceptors (Lipinski definition) is 2. The summed E-state index contributed by atoms with van der Waals surface area (Å²) in [5, 5.41) is 2.80. The van der Waals surface area contributed by atoms with Gasteiger partial charge in [0.05, 0.1) is 6.26 Å². The molecule has 0 aliphatic rings. The SMILES string of the molecule is C/C(=C\Oc1cccc(C)c1)C(=O)Nc1ccccc1. The van der Waals surface area contributed by atoms with E-state index in [9.17, 15) is 4.79 Å². The fraction of sp³-hybridized carbons (Fsp3) is 0.118. The minimum absolute atomic E-state index is 0.177. The van der Waals surface area contributed by atoms with Crippen LogP contribution in [0.15, 0.2) is 66.4 Å². The highest BCUT2D eigenvalue weighted by atomic mass is 16.5. The number of rotatable bonds is 4. The Bertz CT molecular complexity index is 618. The first kappa shape index (κ1) is 13.9. The van der Waals surface area contributed by atoms with Crippen LogP contribution in [0.4, 0.5) is 5.69 Å². The van der Waals surface area contributed by atoms with Crippen LogP contribution in [0, 0.1) is 6.92 Å². The Labute approximate surface area is 118 Å². The molecule has 0 aromatic heterocycles. The second-order valence-corrected chi connectivity index (χ2v) is 4.56. The Kier molecular flexibility index (Phi) is 4.56. The summed E-state index contributed by atoms with van der Waals surface area (Å²) in [6, 6.07) is 17.0.